The van der Waals surface area contributed by atoms with Gasteiger partial charge in [-0.15, -0.1) is 22.7 Å². The molecule has 1 atom stereocenters. The quantitative estimate of drug-likeness (QED) is 0.878. The summed E-state index contributed by atoms with van der Waals surface area (Å²) in [6.45, 7) is 6.05. The van der Waals surface area contributed by atoms with Crippen LogP contribution in [-0.2, 0) is 4.74 Å². The number of aryl methyl sites for hydroxylation is 2. The molecule has 0 bridgehead atoms. The Kier molecular flexibility index (Phi) is 4.16. The molecule has 2 aromatic rings. The first kappa shape index (κ1) is 14.0. The number of carbonyl (C=O) groups excluding carboxylic acids is 1. The van der Waals surface area contributed by atoms with E-state index in [-0.39, 0.29) is 6.04 Å². The number of thiazole rings is 2. The molecular formula is C12H15N3O2S2. The first-order valence-electron chi connectivity index (χ1n) is 5.75. The van der Waals surface area contributed by atoms with Crippen LogP contribution in [0, 0.1) is 13.8 Å². The lowest BCUT2D eigenvalue weighted by Gasteiger charge is -2.11. The van der Waals surface area contributed by atoms with Gasteiger partial charge in [-0.1, -0.05) is 0 Å². The van der Waals surface area contributed by atoms with Gasteiger partial charge in [0, 0.05) is 10.3 Å². The van der Waals surface area contributed by atoms with Gasteiger partial charge in [0.15, 0.2) is 10.8 Å². The van der Waals surface area contributed by atoms with Crippen LogP contribution >= 0.6 is 22.7 Å². The molecule has 2 aromatic heterocycles. The molecule has 5 nitrogen and oxygen atoms in total. The number of rotatable bonds is 4. The third-order valence-corrected chi connectivity index (χ3v) is 4.60. The second kappa shape index (κ2) is 5.66. The Hall–Kier alpha value is -1.47. The second-order valence-corrected chi connectivity index (χ2v) is 6.17. The Morgan fingerprint density at radius 1 is 1.42 bits per heavy atom. The smallest absolute Gasteiger partial charge is 0.357 e. The number of anilines is 1. The number of ether oxygens (including phenoxy) is 1. The minimum atomic E-state index is -0.415. The molecule has 102 valence electrons. The van der Waals surface area contributed by atoms with Crippen LogP contribution in [0.5, 0.6) is 0 Å². The summed E-state index contributed by atoms with van der Waals surface area (Å²) in [7, 11) is 1.35. The molecule has 1 unspecified atom stereocenters. The van der Waals surface area contributed by atoms with Gasteiger partial charge in [-0.05, 0) is 20.8 Å². The third-order valence-electron chi connectivity index (χ3n) is 2.57. The Morgan fingerprint density at radius 2 is 2.16 bits per heavy atom. The molecule has 2 rings (SSSR count). The van der Waals surface area contributed by atoms with Crippen molar-refractivity contribution in [3.05, 3.63) is 26.7 Å². The zero-order valence-electron chi connectivity index (χ0n) is 11.2. The van der Waals surface area contributed by atoms with Crippen molar-refractivity contribution in [2.75, 3.05) is 12.4 Å². The minimum absolute atomic E-state index is 0.114. The minimum Gasteiger partial charge on any atom is -0.464 e. The van der Waals surface area contributed by atoms with E-state index < -0.39 is 5.97 Å². The molecule has 0 aromatic carbocycles. The maximum atomic E-state index is 11.3. The van der Waals surface area contributed by atoms with E-state index in [0.29, 0.717) is 10.8 Å². The summed E-state index contributed by atoms with van der Waals surface area (Å²) in [5, 5.41) is 6.73. The Morgan fingerprint density at radius 3 is 2.74 bits per heavy atom. The van der Waals surface area contributed by atoms with E-state index >= 15 is 0 Å². The van der Waals surface area contributed by atoms with Gasteiger partial charge < -0.3 is 10.1 Å². The van der Waals surface area contributed by atoms with Crippen LogP contribution in [0.1, 0.15) is 39.0 Å². The van der Waals surface area contributed by atoms with E-state index in [1.165, 1.54) is 23.3 Å². The summed E-state index contributed by atoms with van der Waals surface area (Å²) in [6, 6.07) is 0.114. The average Bonchev–Trinajstić information content (AvgIpc) is 2.95. The van der Waals surface area contributed by atoms with Crippen LogP contribution < -0.4 is 5.32 Å². The molecule has 0 aliphatic rings. The number of methoxy groups -OCH3 is 1. The molecule has 19 heavy (non-hydrogen) atoms. The van der Waals surface area contributed by atoms with E-state index in [4.69, 9.17) is 0 Å². The normalized spacial score (nSPS) is 12.2. The maximum Gasteiger partial charge on any atom is 0.357 e. The van der Waals surface area contributed by atoms with E-state index in [0.717, 1.165) is 10.7 Å². The number of aromatic nitrogens is 2. The SMILES string of the molecule is COC(=O)c1csc(NC(C)c2sc(C)nc2C)n1. The lowest BCUT2D eigenvalue weighted by atomic mass is 10.2. The highest BCUT2D eigenvalue weighted by atomic mass is 32.1. The summed E-state index contributed by atoms with van der Waals surface area (Å²) in [6.07, 6.45) is 0. The molecule has 0 amide bonds. The second-order valence-electron chi connectivity index (χ2n) is 4.08. The standard InChI is InChI=1S/C12H15N3O2S2/c1-6-10(19-8(3)13-6)7(2)14-12-15-9(5-18-12)11(16)17-4/h5,7H,1-4H3,(H,14,15). The summed E-state index contributed by atoms with van der Waals surface area (Å²) >= 11 is 3.06. The molecule has 0 aliphatic carbocycles. The van der Waals surface area contributed by atoms with Crippen LogP contribution in [0.3, 0.4) is 0 Å². The van der Waals surface area contributed by atoms with Crippen molar-refractivity contribution >= 4 is 33.8 Å². The predicted octanol–water partition coefficient (Wildman–Crippen LogP) is 3.18. The number of esters is 1. The topological polar surface area (TPSA) is 64.1 Å². The largest absolute Gasteiger partial charge is 0.464 e. The van der Waals surface area contributed by atoms with Gasteiger partial charge in [0.1, 0.15) is 0 Å². The lowest BCUT2D eigenvalue weighted by Crippen LogP contribution is -2.07. The summed E-state index contributed by atoms with van der Waals surface area (Å²) in [5.74, 6) is -0.415. The van der Waals surface area contributed by atoms with Crippen LogP contribution in [0.4, 0.5) is 5.13 Å². The molecule has 0 fully saturated rings. The molecule has 1 N–H and O–H groups in total. The third kappa shape index (κ3) is 3.10. The fraction of sp³-hybridized carbons (Fsp3) is 0.417. The van der Waals surface area contributed by atoms with Crippen molar-refractivity contribution in [2.24, 2.45) is 0 Å². The fourth-order valence-corrected chi connectivity index (χ4v) is 3.44. The van der Waals surface area contributed by atoms with Crippen molar-refractivity contribution in [3.63, 3.8) is 0 Å². The van der Waals surface area contributed by atoms with Gasteiger partial charge in [-0.3, -0.25) is 0 Å². The zero-order valence-corrected chi connectivity index (χ0v) is 12.8. The van der Waals surface area contributed by atoms with Crippen LogP contribution in [0.25, 0.3) is 0 Å². The fourth-order valence-electron chi connectivity index (χ4n) is 1.74. The molecule has 7 heteroatoms. The molecule has 0 saturated heterocycles. The van der Waals surface area contributed by atoms with Gasteiger partial charge in [0.05, 0.1) is 23.9 Å². The highest BCUT2D eigenvalue weighted by Gasteiger charge is 2.16. The van der Waals surface area contributed by atoms with Crippen LogP contribution in [0.2, 0.25) is 0 Å². The first-order valence-corrected chi connectivity index (χ1v) is 7.45. The molecule has 0 saturated carbocycles. The summed E-state index contributed by atoms with van der Waals surface area (Å²) in [5.41, 5.74) is 1.37. The van der Waals surface area contributed by atoms with E-state index in [1.807, 2.05) is 13.8 Å². The molecule has 0 spiro atoms. The van der Waals surface area contributed by atoms with Gasteiger partial charge >= 0.3 is 5.97 Å². The molecule has 0 radical (unpaired) electrons. The summed E-state index contributed by atoms with van der Waals surface area (Å²) < 4.78 is 4.63. The highest BCUT2D eigenvalue weighted by molar-refractivity contribution is 7.14. The Bertz CT molecular complexity index is 592. The predicted molar refractivity (Wildman–Crippen MR) is 77.1 cm³/mol. The Labute approximate surface area is 119 Å². The lowest BCUT2D eigenvalue weighted by molar-refractivity contribution is 0.0595. The van der Waals surface area contributed by atoms with E-state index in [1.54, 1.807) is 16.7 Å². The van der Waals surface area contributed by atoms with Crippen molar-refractivity contribution in [1.82, 2.24) is 9.97 Å². The van der Waals surface area contributed by atoms with Crippen LogP contribution in [-0.4, -0.2) is 23.0 Å². The average molecular weight is 297 g/mol. The van der Waals surface area contributed by atoms with Gasteiger partial charge in [0.25, 0.3) is 0 Å². The van der Waals surface area contributed by atoms with Crippen molar-refractivity contribution in [2.45, 2.75) is 26.8 Å². The van der Waals surface area contributed by atoms with Gasteiger partial charge in [-0.2, -0.15) is 0 Å². The number of hydrogen-bond acceptors (Lipinski definition) is 7. The van der Waals surface area contributed by atoms with Crippen LogP contribution in [0.15, 0.2) is 5.38 Å². The number of nitrogens with zero attached hydrogens (tertiary/aromatic N) is 2. The van der Waals surface area contributed by atoms with Crippen molar-refractivity contribution in [3.8, 4) is 0 Å². The van der Waals surface area contributed by atoms with Crippen molar-refractivity contribution in [1.29, 1.82) is 0 Å². The first-order chi connectivity index (χ1) is 9.01. The van der Waals surface area contributed by atoms with Crippen molar-refractivity contribution < 1.29 is 9.53 Å². The molecule has 2 heterocycles. The number of carbonyl (C=O) groups is 1. The molecule has 0 aliphatic heterocycles. The van der Waals surface area contributed by atoms with Gasteiger partial charge in [-0.25, -0.2) is 14.8 Å². The number of hydrogen-bond donors (Lipinski definition) is 1. The monoisotopic (exact) mass is 297 g/mol. The van der Waals surface area contributed by atoms with Gasteiger partial charge in [0.2, 0.25) is 0 Å². The number of nitrogens with one attached hydrogen (secondary N) is 1. The molecular weight excluding hydrogens is 282 g/mol. The summed E-state index contributed by atoms with van der Waals surface area (Å²) in [4.78, 5) is 21.1. The van der Waals surface area contributed by atoms with E-state index in [9.17, 15) is 4.79 Å². The highest BCUT2D eigenvalue weighted by Crippen LogP contribution is 2.28. The zero-order chi connectivity index (χ0) is 14.0. The van der Waals surface area contributed by atoms with E-state index in [2.05, 4.69) is 26.9 Å². The maximum absolute atomic E-state index is 11.3. The Balaban J connectivity index is 2.11.